The van der Waals surface area contributed by atoms with E-state index < -0.39 is 134 Å². The molecule has 10 atom stereocenters. The summed E-state index contributed by atoms with van der Waals surface area (Å²) in [5, 5.41) is 28.5. The summed E-state index contributed by atoms with van der Waals surface area (Å²) < 4.78 is 47.9. The van der Waals surface area contributed by atoms with E-state index in [9.17, 15) is 62.4 Å². The quantitative estimate of drug-likeness (QED) is 0.0216. The molecule has 22 nitrogen and oxygen atoms in total. The first-order valence-corrected chi connectivity index (χ1v) is 29.7. The highest BCUT2D eigenvalue weighted by molar-refractivity contribution is 9.10. The highest BCUT2D eigenvalue weighted by Gasteiger charge is 2.41. The highest BCUT2D eigenvalue weighted by Crippen LogP contribution is 2.48. The van der Waals surface area contributed by atoms with E-state index in [0.717, 1.165) is 8.95 Å². The van der Waals surface area contributed by atoms with Crippen LogP contribution in [0.15, 0.2) is 87.8 Å². The molecule has 0 aromatic heterocycles. The molecule has 0 aliphatic carbocycles. The molecule has 0 saturated heterocycles. The van der Waals surface area contributed by atoms with Gasteiger partial charge in [0.25, 0.3) is 0 Å². The maximum absolute atomic E-state index is 13.6. The summed E-state index contributed by atoms with van der Waals surface area (Å²) in [6.07, 6.45) is -5.63. The number of halogens is 2. The molecule has 3 aromatic carbocycles. The predicted octanol–water partition coefficient (Wildman–Crippen LogP) is 7.78. The minimum Gasteiger partial charge on any atom is -0.480 e. The van der Waals surface area contributed by atoms with Gasteiger partial charge in [-0.05, 0) is 81.5 Å². The lowest BCUT2D eigenvalue weighted by molar-refractivity contribution is -0.169. The van der Waals surface area contributed by atoms with Crippen LogP contribution < -0.4 is 21.3 Å². The highest BCUT2D eigenvalue weighted by atomic mass is 79.9. The Kier molecular flexibility index (Phi) is 27.2. The normalized spacial score (nSPS) is 16.2. The van der Waals surface area contributed by atoms with Gasteiger partial charge < -0.3 is 60.2 Å². The van der Waals surface area contributed by atoms with E-state index in [2.05, 4.69) is 53.1 Å². The average molecular weight is 1250 g/mol. The smallest absolute Gasteiger partial charge is 0.410 e. The molecule has 0 saturated carbocycles. The molecule has 0 spiro atoms. The Morgan fingerprint density at radius 1 is 0.545 bits per heavy atom. The number of carbonyl (C=O) groups is 8. The number of aliphatic carboxylic acids is 2. The molecule has 3 rings (SSSR count). The van der Waals surface area contributed by atoms with E-state index in [1.165, 1.54) is 41.5 Å². The lowest BCUT2D eigenvalue weighted by Gasteiger charge is -2.30. The third kappa shape index (κ3) is 24.3. The number of esters is 2. The van der Waals surface area contributed by atoms with Crippen LogP contribution in [0.2, 0.25) is 0 Å². The van der Waals surface area contributed by atoms with Crippen molar-refractivity contribution >= 4 is 94.5 Å². The molecule has 8 N–H and O–H groups in total. The number of nitrogens with one attached hydrogen (secondary N) is 4. The van der Waals surface area contributed by atoms with Crippen LogP contribution >= 0.6 is 46.6 Å². The first-order chi connectivity index (χ1) is 35.6. The van der Waals surface area contributed by atoms with Crippen LogP contribution in [0.4, 0.5) is 9.59 Å². The van der Waals surface area contributed by atoms with Gasteiger partial charge in [-0.2, -0.15) is 0 Å². The SMILES string of the molecule is CC(OC(=O)NC(C)P(=O)(O)CC(Cc1ccc(Br)cc1)C(=O)NC(C)(Cc1ccccc1)C(=O)O)OC(=O)C(C)C.CC(OC(=O)NC(C)P(=O)(O)CC(Cc1ccc(Br)cc1)C(=O)NC(C)C(=O)O)OC(=O)C(C)C. The summed E-state index contributed by atoms with van der Waals surface area (Å²) >= 11 is 6.65. The zero-order valence-electron chi connectivity index (χ0n) is 44.4. The van der Waals surface area contributed by atoms with Gasteiger partial charge in [0.1, 0.15) is 23.1 Å². The number of alkyl carbamates (subject to hydrolysis) is 2. The molecule has 0 aliphatic rings. The van der Waals surface area contributed by atoms with Crippen molar-refractivity contribution in [2.75, 3.05) is 12.3 Å². The van der Waals surface area contributed by atoms with Crippen molar-refractivity contribution in [3.8, 4) is 0 Å². The fourth-order valence-corrected chi connectivity index (χ4v) is 10.4. The monoisotopic (exact) mass is 1250 g/mol. The summed E-state index contributed by atoms with van der Waals surface area (Å²) in [6, 6.07) is 21.5. The largest absolute Gasteiger partial charge is 0.480 e. The van der Waals surface area contributed by atoms with Gasteiger partial charge >= 0.3 is 36.1 Å². The Balaban J connectivity index is 0.000000536. The number of ether oxygens (including phenoxy) is 4. The van der Waals surface area contributed by atoms with Crippen molar-refractivity contribution in [1.82, 2.24) is 21.3 Å². The maximum atomic E-state index is 13.6. The second-order valence-corrected chi connectivity index (χ2v) is 26.2. The van der Waals surface area contributed by atoms with Crippen LogP contribution in [0.25, 0.3) is 0 Å². The van der Waals surface area contributed by atoms with Crippen LogP contribution in [-0.4, -0.2) is 116 Å². The van der Waals surface area contributed by atoms with Gasteiger partial charge in [-0.25, -0.2) is 14.4 Å². The van der Waals surface area contributed by atoms with Gasteiger partial charge in [-0.15, -0.1) is 0 Å². The minimum absolute atomic E-state index is 0.0138. The molecule has 426 valence electrons. The first kappa shape index (κ1) is 67.5. The zero-order chi connectivity index (χ0) is 58.6. The second kappa shape index (κ2) is 31.1. The van der Waals surface area contributed by atoms with Gasteiger partial charge in [-0.3, -0.25) is 33.1 Å². The van der Waals surface area contributed by atoms with Crippen LogP contribution in [0.3, 0.4) is 0 Å². The van der Waals surface area contributed by atoms with Crippen LogP contribution in [0, 0.1) is 23.7 Å². The molecule has 4 amide bonds. The van der Waals surface area contributed by atoms with E-state index in [1.54, 1.807) is 107 Å². The van der Waals surface area contributed by atoms with E-state index in [1.807, 2.05) is 0 Å². The lowest BCUT2D eigenvalue weighted by Crippen LogP contribution is -2.56. The van der Waals surface area contributed by atoms with E-state index in [0.29, 0.717) is 16.7 Å². The number of hydrogen-bond acceptors (Lipinski definition) is 14. The fourth-order valence-electron chi connectivity index (χ4n) is 6.74. The van der Waals surface area contributed by atoms with E-state index in [4.69, 9.17) is 24.1 Å². The number of carbonyl (C=O) groups excluding carboxylic acids is 6. The van der Waals surface area contributed by atoms with Crippen LogP contribution in [-0.2, 0) is 76.1 Å². The molecular weight excluding hydrogens is 1180 g/mol. The first-order valence-electron chi connectivity index (χ1n) is 24.2. The van der Waals surface area contributed by atoms with Crippen molar-refractivity contribution in [2.24, 2.45) is 23.7 Å². The Bertz CT molecular complexity index is 2590. The van der Waals surface area contributed by atoms with Gasteiger partial charge in [0.05, 0.1) is 23.7 Å². The average Bonchev–Trinajstić information content (AvgIpc) is 3.32. The number of rotatable bonds is 26. The van der Waals surface area contributed by atoms with Crippen molar-refractivity contribution in [3.05, 3.63) is 104 Å². The molecular formula is C51H70Br2N4O18P2. The topological polar surface area (TPSA) is 337 Å². The number of carboxylic acids is 2. The fraction of sp³-hybridized carbons (Fsp3) is 0.490. The van der Waals surface area contributed by atoms with Gasteiger partial charge in [-0.1, -0.05) is 114 Å². The van der Waals surface area contributed by atoms with E-state index >= 15 is 0 Å². The van der Waals surface area contributed by atoms with Gasteiger partial charge in [0, 0.05) is 41.5 Å². The third-order valence-electron chi connectivity index (χ3n) is 11.4. The molecule has 0 fully saturated rings. The Morgan fingerprint density at radius 2 is 0.922 bits per heavy atom. The molecule has 0 heterocycles. The molecule has 10 unspecified atom stereocenters. The Labute approximate surface area is 464 Å². The summed E-state index contributed by atoms with van der Waals surface area (Å²) in [7, 11) is -8.46. The zero-order valence-corrected chi connectivity index (χ0v) is 49.4. The lowest BCUT2D eigenvalue weighted by atomic mass is 9.91. The molecule has 77 heavy (non-hydrogen) atoms. The van der Waals surface area contributed by atoms with Crippen LogP contribution in [0.5, 0.6) is 0 Å². The summed E-state index contributed by atoms with van der Waals surface area (Å²) in [4.78, 5) is 119. The van der Waals surface area contributed by atoms with Crippen molar-refractivity contribution in [3.63, 3.8) is 0 Å². The summed E-state index contributed by atoms with van der Waals surface area (Å²) in [5.74, 6) is -10.8. The molecule has 3 aromatic rings. The molecule has 26 heteroatoms. The standard InChI is InChI=1S/C29H38BrN2O9P.C22H32BrN2O9P/c1-18(2)26(34)40-20(4)41-28(37)31-19(3)42(38,39)17-23(15-21-11-13-24(30)14-12-21)25(33)32-29(5,27(35)36)16-22-9-7-6-8-10-22;1-12(2)21(29)33-15(5)34-22(30)25-14(4)35(31,32)11-17(19(26)24-13(3)20(27)28)10-16-6-8-18(23)9-7-16/h6-14,18-20,23H,15-17H2,1-5H3,(H,31,37)(H,32,33)(H,35,36)(H,38,39);6-9,12-15,17H,10-11H2,1-5H3,(H,24,26)(H,25,30)(H,27,28)(H,31,32). The van der Waals surface area contributed by atoms with Crippen LogP contribution in [0.1, 0.15) is 85.9 Å². The van der Waals surface area contributed by atoms with Crippen molar-refractivity contribution in [1.29, 1.82) is 0 Å². The van der Waals surface area contributed by atoms with Gasteiger partial charge in [0.15, 0.2) is 0 Å². The molecule has 0 bridgehead atoms. The Morgan fingerprint density at radius 3 is 1.27 bits per heavy atom. The predicted molar refractivity (Wildman–Crippen MR) is 291 cm³/mol. The number of hydrogen-bond donors (Lipinski definition) is 8. The molecule has 0 radical (unpaired) electrons. The Hall–Kier alpha value is -5.64. The second-order valence-electron chi connectivity index (χ2n) is 19.1. The summed E-state index contributed by atoms with van der Waals surface area (Å²) in [5.41, 5.74) is 0.355. The number of amides is 4. The third-order valence-corrected chi connectivity index (χ3v) is 17.1. The van der Waals surface area contributed by atoms with Crippen molar-refractivity contribution in [2.45, 2.75) is 124 Å². The van der Waals surface area contributed by atoms with Crippen molar-refractivity contribution < 1.29 is 86.4 Å². The summed E-state index contributed by atoms with van der Waals surface area (Å²) in [6.45, 7) is 14.3. The molecule has 0 aliphatic heterocycles. The van der Waals surface area contributed by atoms with Gasteiger partial charge in [0.2, 0.25) is 39.1 Å². The number of carboxylic acid groups (broad SMARTS) is 2. The van der Waals surface area contributed by atoms with E-state index in [-0.39, 0.29) is 19.3 Å². The number of benzene rings is 3. The maximum Gasteiger partial charge on any atom is 0.410 e. The minimum atomic E-state index is -4.27.